The molecule has 0 unspecified atom stereocenters. The summed E-state index contributed by atoms with van der Waals surface area (Å²) in [4.78, 5) is 29.7. The minimum atomic E-state index is -0.178. The molecule has 2 heterocycles. The zero-order valence-electron chi connectivity index (χ0n) is 12.2. The molecule has 1 aromatic carbocycles. The van der Waals surface area contributed by atoms with Gasteiger partial charge in [0.15, 0.2) is 0 Å². The first-order valence-electron chi connectivity index (χ1n) is 7.30. The highest BCUT2D eigenvalue weighted by Crippen LogP contribution is 2.16. The summed E-state index contributed by atoms with van der Waals surface area (Å²) < 4.78 is 0. The van der Waals surface area contributed by atoms with Gasteiger partial charge in [-0.2, -0.15) is 0 Å². The second-order valence-corrected chi connectivity index (χ2v) is 5.32. The van der Waals surface area contributed by atoms with Gasteiger partial charge in [-0.1, -0.05) is 12.1 Å². The first kappa shape index (κ1) is 14.3. The van der Waals surface area contributed by atoms with Gasteiger partial charge < -0.3 is 10.2 Å². The summed E-state index contributed by atoms with van der Waals surface area (Å²) in [5, 5.41) is 2.81. The van der Waals surface area contributed by atoms with E-state index in [0.717, 1.165) is 18.5 Å². The molecule has 5 nitrogen and oxygen atoms in total. The van der Waals surface area contributed by atoms with E-state index in [9.17, 15) is 9.59 Å². The lowest BCUT2D eigenvalue weighted by molar-refractivity contribution is -0.128. The predicted octanol–water partition coefficient (Wildman–Crippen LogP) is 2.46. The Bertz CT molecular complexity index is 685. The average Bonchev–Trinajstić information content (AvgIpc) is 2.94. The molecule has 2 aromatic rings. The molecule has 1 aliphatic rings. The van der Waals surface area contributed by atoms with E-state index < -0.39 is 0 Å². The molecule has 0 spiro atoms. The van der Waals surface area contributed by atoms with Crippen LogP contribution in [0.5, 0.6) is 0 Å². The van der Waals surface area contributed by atoms with Crippen molar-refractivity contribution in [3.05, 3.63) is 59.9 Å². The molecule has 0 atom stereocenters. The topological polar surface area (TPSA) is 62.3 Å². The Morgan fingerprint density at radius 3 is 2.91 bits per heavy atom. The number of likely N-dealkylation sites (tertiary alicyclic amines) is 1. The molecular formula is C17H17N3O2. The van der Waals surface area contributed by atoms with Gasteiger partial charge in [0.05, 0.1) is 11.9 Å². The maximum Gasteiger partial charge on any atom is 0.255 e. The minimum absolute atomic E-state index is 0.178. The fourth-order valence-corrected chi connectivity index (χ4v) is 2.54. The Hall–Kier alpha value is -2.69. The SMILES string of the molecule is O=C(Nc1cccnc1)c1cccc(CN2CCCC2=O)c1. The zero-order chi connectivity index (χ0) is 15.4. The number of anilines is 1. The minimum Gasteiger partial charge on any atom is -0.338 e. The number of benzene rings is 1. The number of carbonyl (C=O) groups is 2. The van der Waals surface area contributed by atoms with Crippen LogP contribution in [0.25, 0.3) is 0 Å². The van der Waals surface area contributed by atoms with E-state index in [4.69, 9.17) is 0 Å². The number of hydrogen-bond acceptors (Lipinski definition) is 3. The molecule has 0 saturated carbocycles. The van der Waals surface area contributed by atoms with Crippen molar-refractivity contribution in [1.82, 2.24) is 9.88 Å². The summed E-state index contributed by atoms with van der Waals surface area (Å²) in [6.45, 7) is 1.36. The molecule has 1 aliphatic heterocycles. The van der Waals surface area contributed by atoms with Crippen LogP contribution < -0.4 is 5.32 Å². The van der Waals surface area contributed by atoms with Crippen LogP contribution in [-0.4, -0.2) is 28.2 Å². The number of nitrogens with zero attached hydrogens (tertiary/aromatic N) is 2. The Morgan fingerprint density at radius 2 is 2.18 bits per heavy atom. The Balaban J connectivity index is 1.70. The first-order chi connectivity index (χ1) is 10.7. The second kappa shape index (κ2) is 6.39. The molecule has 0 aliphatic carbocycles. The van der Waals surface area contributed by atoms with Gasteiger partial charge in [0.1, 0.15) is 0 Å². The van der Waals surface area contributed by atoms with Crippen LogP contribution in [0.1, 0.15) is 28.8 Å². The number of pyridine rings is 1. The van der Waals surface area contributed by atoms with Gasteiger partial charge in [-0.05, 0) is 36.2 Å². The molecule has 0 bridgehead atoms. The maximum absolute atomic E-state index is 12.2. The van der Waals surface area contributed by atoms with E-state index in [1.807, 2.05) is 23.1 Å². The standard InChI is InChI=1S/C17H17N3O2/c21-16-7-3-9-20(16)12-13-4-1-5-14(10-13)17(22)19-15-6-2-8-18-11-15/h1-2,4-6,8,10-11H,3,7,9,12H2,(H,19,22). The lowest BCUT2D eigenvalue weighted by Crippen LogP contribution is -2.24. The van der Waals surface area contributed by atoms with Crippen molar-refractivity contribution in [2.75, 3.05) is 11.9 Å². The Morgan fingerprint density at radius 1 is 1.27 bits per heavy atom. The molecule has 2 amide bonds. The number of amides is 2. The van der Waals surface area contributed by atoms with Gasteiger partial charge in [0.25, 0.3) is 5.91 Å². The van der Waals surface area contributed by atoms with Gasteiger partial charge in [-0.3, -0.25) is 14.6 Å². The molecule has 5 heteroatoms. The van der Waals surface area contributed by atoms with Crippen molar-refractivity contribution in [3.8, 4) is 0 Å². The van der Waals surface area contributed by atoms with Crippen LogP contribution in [0.3, 0.4) is 0 Å². The monoisotopic (exact) mass is 295 g/mol. The molecular weight excluding hydrogens is 278 g/mol. The Kier molecular flexibility index (Phi) is 4.14. The summed E-state index contributed by atoms with van der Waals surface area (Å²) in [5.41, 5.74) is 2.20. The van der Waals surface area contributed by atoms with Crippen molar-refractivity contribution >= 4 is 17.5 Å². The highest BCUT2D eigenvalue weighted by atomic mass is 16.2. The largest absolute Gasteiger partial charge is 0.338 e. The van der Waals surface area contributed by atoms with Gasteiger partial charge in [-0.15, -0.1) is 0 Å². The number of nitrogens with one attached hydrogen (secondary N) is 1. The normalized spacial score (nSPS) is 14.2. The van der Waals surface area contributed by atoms with Crippen LogP contribution >= 0.6 is 0 Å². The molecule has 1 fully saturated rings. The third-order valence-electron chi connectivity index (χ3n) is 3.65. The van der Waals surface area contributed by atoms with Crippen LogP contribution in [0.2, 0.25) is 0 Å². The molecule has 1 N–H and O–H groups in total. The quantitative estimate of drug-likeness (QED) is 0.942. The molecule has 112 valence electrons. The number of carbonyl (C=O) groups excluding carboxylic acids is 2. The molecule has 1 aromatic heterocycles. The fraction of sp³-hybridized carbons (Fsp3) is 0.235. The van der Waals surface area contributed by atoms with Crippen LogP contribution in [0.15, 0.2) is 48.8 Å². The van der Waals surface area contributed by atoms with E-state index >= 15 is 0 Å². The zero-order valence-corrected chi connectivity index (χ0v) is 12.2. The lowest BCUT2D eigenvalue weighted by atomic mass is 10.1. The van der Waals surface area contributed by atoms with Gasteiger partial charge in [0, 0.05) is 31.3 Å². The van der Waals surface area contributed by atoms with Crippen LogP contribution in [-0.2, 0) is 11.3 Å². The predicted molar refractivity (Wildman–Crippen MR) is 83.3 cm³/mol. The molecule has 22 heavy (non-hydrogen) atoms. The second-order valence-electron chi connectivity index (χ2n) is 5.32. The van der Waals surface area contributed by atoms with E-state index in [2.05, 4.69) is 10.3 Å². The highest BCUT2D eigenvalue weighted by molar-refractivity contribution is 6.04. The van der Waals surface area contributed by atoms with Crippen molar-refractivity contribution in [2.45, 2.75) is 19.4 Å². The summed E-state index contributed by atoms with van der Waals surface area (Å²) in [6.07, 6.45) is 4.80. The molecule has 3 rings (SSSR count). The average molecular weight is 295 g/mol. The van der Waals surface area contributed by atoms with Crippen molar-refractivity contribution < 1.29 is 9.59 Å². The summed E-state index contributed by atoms with van der Waals surface area (Å²) in [6, 6.07) is 10.9. The fourth-order valence-electron chi connectivity index (χ4n) is 2.54. The first-order valence-corrected chi connectivity index (χ1v) is 7.30. The van der Waals surface area contributed by atoms with Gasteiger partial charge >= 0.3 is 0 Å². The van der Waals surface area contributed by atoms with Crippen molar-refractivity contribution in [2.24, 2.45) is 0 Å². The third kappa shape index (κ3) is 3.31. The number of rotatable bonds is 4. The van der Waals surface area contributed by atoms with E-state index in [1.54, 1.807) is 30.6 Å². The van der Waals surface area contributed by atoms with Gasteiger partial charge in [-0.25, -0.2) is 0 Å². The summed E-state index contributed by atoms with van der Waals surface area (Å²) in [7, 11) is 0. The third-order valence-corrected chi connectivity index (χ3v) is 3.65. The lowest BCUT2D eigenvalue weighted by Gasteiger charge is -2.16. The van der Waals surface area contributed by atoms with E-state index in [1.165, 1.54) is 0 Å². The van der Waals surface area contributed by atoms with Crippen molar-refractivity contribution in [1.29, 1.82) is 0 Å². The van der Waals surface area contributed by atoms with E-state index in [0.29, 0.717) is 24.2 Å². The highest BCUT2D eigenvalue weighted by Gasteiger charge is 2.20. The van der Waals surface area contributed by atoms with Crippen LogP contribution in [0, 0.1) is 0 Å². The van der Waals surface area contributed by atoms with Crippen molar-refractivity contribution in [3.63, 3.8) is 0 Å². The van der Waals surface area contributed by atoms with Crippen LogP contribution in [0.4, 0.5) is 5.69 Å². The number of aromatic nitrogens is 1. The summed E-state index contributed by atoms with van der Waals surface area (Å²) >= 11 is 0. The Labute approximate surface area is 129 Å². The number of hydrogen-bond donors (Lipinski definition) is 1. The summed E-state index contributed by atoms with van der Waals surface area (Å²) in [5.74, 6) is 0.00723. The van der Waals surface area contributed by atoms with Gasteiger partial charge in [0.2, 0.25) is 5.91 Å². The smallest absolute Gasteiger partial charge is 0.255 e. The molecule has 0 radical (unpaired) electrons. The maximum atomic E-state index is 12.2. The molecule has 1 saturated heterocycles. The van der Waals surface area contributed by atoms with E-state index in [-0.39, 0.29) is 11.8 Å².